The fourth-order valence-corrected chi connectivity index (χ4v) is 4.20. The van der Waals surface area contributed by atoms with Gasteiger partial charge >= 0.3 is 8.88 Å². The van der Waals surface area contributed by atoms with Crippen LogP contribution in [0.15, 0.2) is 0 Å². The number of rotatable bonds is 10. The van der Waals surface area contributed by atoms with Gasteiger partial charge in [0.05, 0.1) is 0 Å². The molecule has 0 aromatic heterocycles. The molecule has 0 aliphatic heterocycles. The molecule has 0 fully saturated rings. The molecule has 0 amide bonds. The molecular weight excluding hydrogens is 220 g/mol. The first kappa shape index (κ1) is 16.1. The molecule has 2 N–H and O–H groups in total. The van der Waals surface area contributed by atoms with Crippen LogP contribution in [-0.2, 0) is 8.85 Å². The van der Waals surface area contributed by atoms with Gasteiger partial charge in [0.15, 0.2) is 0 Å². The molecule has 0 aromatic carbocycles. The predicted molar refractivity (Wildman–Crippen MR) is 70.2 cm³/mol. The van der Waals surface area contributed by atoms with Gasteiger partial charge in [-0.15, -0.1) is 0 Å². The van der Waals surface area contributed by atoms with Crippen LogP contribution in [0, 0.1) is 0 Å². The van der Waals surface area contributed by atoms with E-state index in [0.29, 0.717) is 19.3 Å². The normalized spacial score (nSPS) is 14.1. The zero-order valence-electron chi connectivity index (χ0n) is 11.4. The van der Waals surface area contributed by atoms with Crippen LogP contribution >= 0.6 is 0 Å². The van der Waals surface area contributed by atoms with Crippen LogP contribution in [0.1, 0.15) is 47.5 Å². The van der Waals surface area contributed by atoms with Gasteiger partial charge in [0.2, 0.25) is 0 Å². The summed E-state index contributed by atoms with van der Waals surface area (Å²) in [6, 6.07) is 0.411. The standard InChI is InChI=1S/C11H28N2O2Si/c1-6-10-12-16(14-8-3,15-9-4)13-11(5)7-2/h11-13H,6-10H2,1-5H3. The summed E-state index contributed by atoms with van der Waals surface area (Å²) < 4.78 is 11.7. The third-order valence-corrected chi connectivity index (χ3v) is 5.33. The highest BCUT2D eigenvalue weighted by atomic mass is 28.4. The maximum absolute atomic E-state index is 5.84. The monoisotopic (exact) mass is 248 g/mol. The maximum Gasteiger partial charge on any atom is 0.517 e. The van der Waals surface area contributed by atoms with Crippen molar-refractivity contribution in [2.45, 2.75) is 53.5 Å². The van der Waals surface area contributed by atoms with Crippen molar-refractivity contribution in [1.82, 2.24) is 9.96 Å². The van der Waals surface area contributed by atoms with Crippen molar-refractivity contribution in [2.24, 2.45) is 0 Å². The van der Waals surface area contributed by atoms with Crippen molar-refractivity contribution in [3.8, 4) is 0 Å². The SMILES string of the molecule is CCCN[Si](NC(C)CC)(OCC)OCC. The molecule has 0 saturated heterocycles. The Morgan fingerprint density at radius 1 is 1.06 bits per heavy atom. The molecular formula is C11H28N2O2Si. The van der Waals surface area contributed by atoms with Gasteiger partial charge in [0.1, 0.15) is 0 Å². The Bertz CT molecular complexity index is 164. The van der Waals surface area contributed by atoms with Crippen molar-refractivity contribution in [1.29, 1.82) is 0 Å². The molecule has 0 saturated carbocycles. The Hall–Kier alpha value is 0.0569. The molecule has 0 spiro atoms. The zero-order chi connectivity index (χ0) is 12.4. The second-order valence-electron chi connectivity index (χ2n) is 3.86. The topological polar surface area (TPSA) is 42.5 Å². The van der Waals surface area contributed by atoms with Crippen molar-refractivity contribution >= 4 is 8.88 Å². The van der Waals surface area contributed by atoms with Crippen LogP contribution in [0.2, 0.25) is 0 Å². The van der Waals surface area contributed by atoms with Crippen LogP contribution in [0.25, 0.3) is 0 Å². The Balaban J connectivity index is 4.48. The van der Waals surface area contributed by atoms with Crippen molar-refractivity contribution in [3.63, 3.8) is 0 Å². The van der Waals surface area contributed by atoms with Gasteiger partial charge in [-0.25, -0.2) is 0 Å². The van der Waals surface area contributed by atoms with Gasteiger partial charge in [0.25, 0.3) is 0 Å². The van der Waals surface area contributed by atoms with E-state index in [1.165, 1.54) is 0 Å². The summed E-state index contributed by atoms with van der Waals surface area (Å²) in [5.41, 5.74) is 0. The van der Waals surface area contributed by atoms with E-state index in [1.54, 1.807) is 0 Å². The lowest BCUT2D eigenvalue weighted by atomic mass is 10.3. The average molecular weight is 248 g/mol. The summed E-state index contributed by atoms with van der Waals surface area (Å²) >= 11 is 0. The molecule has 98 valence electrons. The third-order valence-electron chi connectivity index (χ3n) is 2.35. The van der Waals surface area contributed by atoms with E-state index >= 15 is 0 Å². The van der Waals surface area contributed by atoms with Crippen LogP contribution in [0.5, 0.6) is 0 Å². The second kappa shape index (κ2) is 9.12. The van der Waals surface area contributed by atoms with Crippen LogP contribution < -0.4 is 9.96 Å². The first-order valence-corrected chi connectivity index (χ1v) is 8.26. The number of hydrogen-bond donors (Lipinski definition) is 2. The van der Waals surface area contributed by atoms with E-state index in [2.05, 4.69) is 30.7 Å². The van der Waals surface area contributed by atoms with Gasteiger partial charge in [-0.2, -0.15) is 0 Å². The summed E-state index contributed by atoms with van der Waals surface area (Å²) in [4.78, 5) is 6.93. The lowest BCUT2D eigenvalue weighted by Gasteiger charge is -2.32. The van der Waals surface area contributed by atoms with Gasteiger partial charge in [0, 0.05) is 19.3 Å². The van der Waals surface area contributed by atoms with E-state index in [4.69, 9.17) is 8.85 Å². The molecule has 4 nitrogen and oxygen atoms in total. The molecule has 1 atom stereocenters. The minimum absolute atomic E-state index is 0.411. The lowest BCUT2D eigenvalue weighted by molar-refractivity contribution is 0.155. The first-order valence-electron chi connectivity index (χ1n) is 6.44. The maximum atomic E-state index is 5.84. The third kappa shape index (κ3) is 5.96. The largest absolute Gasteiger partial charge is 0.517 e. The molecule has 5 heteroatoms. The van der Waals surface area contributed by atoms with E-state index in [-0.39, 0.29) is 0 Å². The molecule has 0 radical (unpaired) electrons. The Morgan fingerprint density at radius 3 is 2.00 bits per heavy atom. The average Bonchev–Trinajstić information content (AvgIpc) is 2.27. The summed E-state index contributed by atoms with van der Waals surface area (Å²) in [6.07, 6.45) is 2.15. The van der Waals surface area contributed by atoms with Gasteiger partial charge in [-0.3, -0.25) is 9.96 Å². The Morgan fingerprint density at radius 2 is 1.62 bits per heavy atom. The fraction of sp³-hybridized carbons (Fsp3) is 1.00. The summed E-state index contributed by atoms with van der Waals surface area (Å²) in [5, 5.41) is 0. The highest BCUT2D eigenvalue weighted by Gasteiger charge is 2.39. The highest BCUT2D eigenvalue weighted by Crippen LogP contribution is 2.03. The van der Waals surface area contributed by atoms with Gasteiger partial charge < -0.3 is 8.85 Å². The van der Waals surface area contributed by atoms with Gasteiger partial charge in [-0.1, -0.05) is 20.8 Å². The van der Waals surface area contributed by atoms with Crippen molar-refractivity contribution in [2.75, 3.05) is 19.8 Å². The quantitative estimate of drug-likeness (QED) is 0.579. The lowest BCUT2D eigenvalue weighted by Crippen LogP contribution is -2.69. The molecule has 0 aromatic rings. The second-order valence-corrected chi connectivity index (χ2v) is 6.32. The van der Waals surface area contributed by atoms with E-state index in [9.17, 15) is 0 Å². The summed E-state index contributed by atoms with van der Waals surface area (Å²) in [7, 11) is -2.40. The number of hydrogen-bond acceptors (Lipinski definition) is 4. The van der Waals surface area contributed by atoms with E-state index in [0.717, 1.165) is 19.4 Å². The summed E-state index contributed by atoms with van der Waals surface area (Å²) in [5.74, 6) is 0. The molecule has 0 rings (SSSR count). The van der Waals surface area contributed by atoms with Crippen molar-refractivity contribution in [3.05, 3.63) is 0 Å². The van der Waals surface area contributed by atoms with E-state index in [1.807, 2.05) is 13.8 Å². The van der Waals surface area contributed by atoms with Crippen LogP contribution in [0.4, 0.5) is 0 Å². The number of nitrogens with one attached hydrogen (secondary N) is 2. The van der Waals surface area contributed by atoms with E-state index < -0.39 is 8.88 Å². The molecule has 0 bridgehead atoms. The molecule has 1 unspecified atom stereocenters. The molecule has 0 aliphatic carbocycles. The zero-order valence-corrected chi connectivity index (χ0v) is 12.4. The Labute approximate surface area is 102 Å². The van der Waals surface area contributed by atoms with Crippen molar-refractivity contribution < 1.29 is 8.85 Å². The molecule has 0 aliphatic rings. The Kier molecular flexibility index (Phi) is 9.16. The minimum Gasteiger partial charge on any atom is -0.371 e. The van der Waals surface area contributed by atoms with Crippen LogP contribution in [0.3, 0.4) is 0 Å². The van der Waals surface area contributed by atoms with Crippen LogP contribution in [-0.4, -0.2) is 34.7 Å². The highest BCUT2D eigenvalue weighted by molar-refractivity contribution is 6.62. The minimum atomic E-state index is -2.40. The summed E-state index contributed by atoms with van der Waals surface area (Å²) in [6.45, 7) is 12.8. The van der Waals surface area contributed by atoms with Gasteiger partial charge in [-0.05, 0) is 33.2 Å². The molecule has 16 heavy (non-hydrogen) atoms. The molecule has 0 heterocycles. The first-order chi connectivity index (χ1) is 7.64. The predicted octanol–water partition coefficient (Wildman–Crippen LogP) is 1.88. The fourth-order valence-electron chi connectivity index (χ4n) is 1.40. The smallest absolute Gasteiger partial charge is 0.371 e.